The molecule has 3 rings (SSSR count). The maximum absolute atomic E-state index is 12.7. The van der Waals surface area contributed by atoms with E-state index in [0.717, 1.165) is 24.2 Å². The molecule has 24 heavy (non-hydrogen) atoms. The molecule has 1 saturated carbocycles. The fraction of sp³-hybridized carbons (Fsp3) is 0.421. The molecular formula is C19H23NO4. The Balaban J connectivity index is 1.66. The third-order valence-corrected chi connectivity index (χ3v) is 4.57. The Kier molecular flexibility index (Phi) is 4.37. The number of furan rings is 1. The van der Waals surface area contributed by atoms with Crippen molar-refractivity contribution in [2.45, 2.75) is 37.2 Å². The molecule has 0 saturated heterocycles. The Bertz CT molecular complexity index is 702. The zero-order valence-electron chi connectivity index (χ0n) is 14.0. The van der Waals surface area contributed by atoms with E-state index in [0.29, 0.717) is 12.2 Å². The van der Waals surface area contributed by atoms with Crippen molar-refractivity contribution < 1.29 is 19.1 Å². The van der Waals surface area contributed by atoms with Crippen molar-refractivity contribution in [3.8, 4) is 5.75 Å². The number of rotatable bonds is 7. The van der Waals surface area contributed by atoms with Crippen molar-refractivity contribution in [3.05, 3.63) is 54.0 Å². The molecule has 1 atom stereocenters. The first-order valence-electron chi connectivity index (χ1n) is 8.13. The second-order valence-electron chi connectivity index (χ2n) is 6.72. The molecule has 2 aromatic rings. The monoisotopic (exact) mass is 329 g/mol. The lowest BCUT2D eigenvalue weighted by Gasteiger charge is -2.25. The van der Waals surface area contributed by atoms with E-state index >= 15 is 0 Å². The Morgan fingerprint density at radius 1 is 1.33 bits per heavy atom. The number of nitrogens with one attached hydrogen (secondary N) is 1. The van der Waals surface area contributed by atoms with Crippen LogP contribution in [0.25, 0.3) is 0 Å². The van der Waals surface area contributed by atoms with E-state index in [1.807, 2.05) is 30.3 Å². The maximum atomic E-state index is 12.7. The number of methoxy groups -OCH3 is 1. The molecule has 1 aliphatic carbocycles. The largest absolute Gasteiger partial charge is 0.496 e. The van der Waals surface area contributed by atoms with Gasteiger partial charge < -0.3 is 19.6 Å². The van der Waals surface area contributed by atoms with Gasteiger partial charge in [0.15, 0.2) is 0 Å². The molecule has 1 aromatic carbocycles. The molecule has 2 N–H and O–H groups in total. The van der Waals surface area contributed by atoms with E-state index in [2.05, 4.69) is 5.32 Å². The summed E-state index contributed by atoms with van der Waals surface area (Å²) in [4.78, 5) is 12.7. The third kappa shape index (κ3) is 3.31. The summed E-state index contributed by atoms with van der Waals surface area (Å²) in [5.41, 5.74) is -0.687. The van der Waals surface area contributed by atoms with Crippen molar-refractivity contribution in [1.82, 2.24) is 5.32 Å². The zero-order valence-corrected chi connectivity index (χ0v) is 14.0. The van der Waals surface area contributed by atoms with E-state index < -0.39 is 11.0 Å². The number of amides is 1. The summed E-state index contributed by atoms with van der Waals surface area (Å²) >= 11 is 0. The molecule has 1 heterocycles. The Morgan fingerprint density at radius 2 is 2.08 bits per heavy atom. The number of ether oxygens (including phenoxy) is 1. The first-order valence-corrected chi connectivity index (χ1v) is 8.13. The van der Waals surface area contributed by atoms with Crippen molar-refractivity contribution >= 4 is 5.91 Å². The number of carbonyl (C=O) groups excluding carboxylic acids is 1. The quantitative estimate of drug-likeness (QED) is 0.818. The molecule has 1 unspecified atom stereocenters. The number of benzene rings is 1. The predicted molar refractivity (Wildman–Crippen MR) is 90.0 cm³/mol. The molecule has 0 spiro atoms. The van der Waals surface area contributed by atoms with Gasteiger partial charge in [-0.2, -0.15) is 0 Å². The summed E-state index contributed by atoms with van der Waals surface area (Å²) in [6, 6.07) is 11.2. The summed E-state index contributed by atoms with van der Waals surface area (Å²) < 4.78 is 10.7. The van der Waals surface area contributed by atoms with Crippen LogP contribution < -0.4 is 10.1 Å². The van der Waals surface area contributed by atoms with Crippen LogP contribution in [-0.2, 0) is 16.6 Å². The summed E-state index contributed by atoms with van der Waals surface area (Å²) in [5, 5.41) is 13.4. The second-order valence-corrected chi connectivity index (χ2v) is 6.72. The molecule has 5 heteroatoms. The van der Waals surface area contributed by atoms with Gasteiger partial charge in [0.1, 0.15) is 11.5 Å². The normalized spacial score (nSPS) is 17.8. The minimum atomic E-state index is -1.07. The van der Waals surface area contributed by atoms with Crippen molar-refractivity contribution in [3.63, 3.8) is 0 Å². The number of carbonyl (C=O) groups is 1. The van der Waals surface area contributed by atoms with Crippen LogP contribution in [0.3, 0.4) is 0 Å². The van der Waals surface area contributed by atoms with Crippen LogP contribution in [0.2, 0.25) is 0 Å². The van der Waals surface area contributed by atoms with Gasteiger partial charge in [-0.3, -0.25) is 4.79 Å². The number of para-hydroxylation sites is 1. The highest BCUT2D eigenvalue weighted by atomic mass is 16.5. The third-order valence-electron chi connectivity index (χ3n) is 4.57. The minimum Gasteiger partial charge on any atom is -0.496 e. The van der Waals surface area contributed by atoms with E-state index in [1.165, 1.54) is 0 Å². The molecule has 0 radical (unpaired) electrons. The molecule has 5 nitrogen and oxygen atoms in total. The maximum Gasteiger partial charge on any atom is 0.230 e. The van der Waals surface area contributed by atoms with Crippen LogP contribution in [0.5, 0.6) is 5.75 Å². The molecule has 1 fully saturated rings. The Labute approximate surface area is 141 Å². The number of hydrogen-bond acceptors (Lipinski definition) is 4. The first kappa shape index (κ1) is 16.6. The average Bonchev–Trinajstić information content (AvgIpc) is 3.24. The van der Waals surface area contributed by atoms with Gasteiger partial charge in [-0.15, -0.1) is 0 Å². The predicted octanol–water partition coefficient (Wildman–Crippen LogP) is 2.43. The SMILES string of the molecule is COc1ccccc1C1(C(=O)NCC(C)(O)Cc2ccco2)CC1. The summed E-state index contributed by atoms with van der Waals surface area (Å²) in [6.07, 6.45) is 3.51. The molecule has 1 aliphatic rings. The van der Waals surface area contributed by atoms with Gasteiger partial charge in [-0.25, -0.2) is 0 Å². The van der Waals surface area contributed by atoms with Gasteiger partial charge >= 0.3 is 0 Å². The lowest BCUT2D eigenvalue weighted by molar-refractivity contribution is -0.124. The van der Waals surface area contributed by atoms with E-state index in [4.69, 9.17) is 9.15 Å². The topological polar surface area (TPSA) is 71.7 Å². The highest BCUT2D eigenvalue weighted by Gasteiger charge is 2.52. The van der Waals surface area contributed by atoms with Crippen molar-refractivity contribution in [2.75, 3.05) is 13.7 Å². The van der Waals surface area contributed by atoms with Gasteiger partial charge in [-0.1, -0.05) is 18.2 Å². The fourth-order valence-electron chi connectivity index (χ4n) is 3.07. The second kappa shape index (κ2) is 6.32. The molecular weight excluding hydrogens is 306 g/mol. The van der Waals surface area contributed by atoms with E-state index in [1.54, 1.807) is 26.4 Å². The van der Waals surface area contributed by atoms with Crippen LogP contribution in [0.1, 0.15) is 31.1 Å². The zero-order chi connectivity index (χ0) is 17.2. The molecule has 1 aromatic heterocycles. The Morgan fingerprint density at radius 3 is 2.71 bits per heavy atom. The molecule has 0 aliphatic heterocycles. The van der Waals surface area contributed by atoms with Crippen LogP contribution in [0.15, 0.2) is 47.1 Å². The number of hydrogen-bond donors (Lipinski definition) is 2. The van der Waals surface area contributed by atoms with Gasteiger partial charge in [0.25, 0.3) is 0 Å². The van der Waals surface area contributed by atoms with Crippen LogP contribution >= 0.6 is 0 Å². The molecule has 0 bridgehead atoms. The lowest BCUT2D eigenvalue weighted by atomic mass is 9.93. The van der Waals surface area contributed by atoms with Crippen molar-refractivity contribution in [1.29, 1.82) is 0 Å². The number of aliphatic hydroxyl groups is 1. The van der Waals surface area contributed by atoms with E-state index in [9.17, 15) is 9.90 Å². The lowest BCUT2D eigenvalue weighted by Crippen LogP contribution is -2.45. The fourth-order valence-corrected chi connectivity index (χ4v) is 3.07. The summed E-state index contributed by atoms with van der Waals surface area (Å²) in [6.45, 7) is 1.86. The van der Waals surface area contributed by atoms with Gasteiger partial charge in [0.2, 0.25) is 5.91 Å². The van der Waals surface area contributed by atoms with Gasteiger partial charge in [0.05, 0.1) is 24.4 Å². The van der Waals surface area contributed by atoms with E-state index in [-0.39, 0.29) is 12.5 Å². The highest BCUT2D eigenvalue weighted by molar-refractivity contribution is 5.92. The minimum absolute atomic E-state index is 0.0632. The van der Waals surface area contributed by atoms with Crippen LogP contribution in [0, 0.1) is 0 Å². The van der Waals surface area contributed by atoms with Crippen LogP contribution in [-0.4, -0.2) is 30.3 Å². The molecule has 1 amide bonds. The smallest absolute Gasteiger partial charge is 0.230 e. The summed E-state index contributed by atoms with van der Waals surface area (Å²) in [5.74, 6) is 1.36. The van der Waals surface area contributed by atoms with Gasteiger partial charge in [0, 0.05) is 18.5 Å². The van der Waals surface area contributed by atoms with Crippen molar-refractivity contribution in [2.24, 2.45) is 0 Å². The van der Waals surface area contributed by atoms with Crippen LogP contribution in [0.4, 0.5) is 0 Å². The Hall–Kier alpha value is -2.27. The first-order chi connectivity index (χ1) is 11.5. The summed E-state index contributed by atoms with van der Waals surface area (Å²) in [7, 11) is 1.61. The highest BCUT2D eigenvalue weighted by Crippen LogP contribution is 2.51. The average molecular weight is 329 g/mol. The standard InChI is InChI=1S/C19H23NO4/c1-18(22,12-14-6-5-11-24-14)13-20-17(21)19(9-10-19)15-7-3-4-8-16(15)23-2/h3-8,11,22H,9-10,12-13H2,1-2H3,(H,20,21). The molecule has 128 valence electrons. The van der Waals surface area contributed by atoms with Gasteiger partial charge in [-0.05, 0) is 38.0 Å².